The van der Waals surface area contributed by atoms with Gasteiger partial charge in [0, 0.05) is 12.8 Å². The summed E-state index contributed by atoms with van der Waals surface area (Å²) in [6.07, 6.45) is 11.4. The number of hydrogen-bond acceptors (Lipinski definition) is 5. The van der Waals surface area contributed by atoms with Crippen LogP contribution in [0.25, 0.3) is 0 Å². The van der Waals surface area contributed by atoms with Crippen molar-refractivity contribution in [3.8, 4) is 0 Å². The fraction of sp³-hybridized carbons (Fsp3) is 0.667. The third kappa shape index (κ3) is 8.99. The molecule has 0 aromatic rings. The number of aliphatic hydroxyl groups excluding tert-OH is 1. The molecular formula is C24H38O5. The Kier molecular flexibility index (Phi) is 12.5. The maximum Gasteiger partial charge on any atom is 0.146 e. The van der Waals surface area contributed by atoms with E-state index in [4.69, 9.17) is 5.11 Å². The summed E-state index contributed by atoms with van der Waals surface area (Å²) < 4.78 is 0. The summed E-state index contributed by atoms with van der Waals surface area (Å²) in [6.45, 7) is 10.0. The van der Waals surface area contributed by atoms with E-state index in [-0.39, 0.29) is 29.1 Å². The Morgan fingerprint density at radius 1 is 1.24 bits per heavy atom. The molecule has 4 atom stereocenters. The Hall–Kier alpha value is -1.88. The van der Waals surface area contributed by atoms with Crippen molar-refractivity contribution in [1.82, 2.24) is 0 Å². The lowest BCUT2D eigenvalue weighted by Crippen LogP contribution is -2.44. The summed E-state index contributed by atoms with van der Waals surface area (Å²) in [7, 11) is 0. The number of rotatable bonds is 9. The second kappa shape index (κ2) is 13.4. The van der Waals surface area contributed by atoms with Crippen LogP contribution in [0.15, 0.2) is 24.3 Å². The molecule has 0 saturated heterocycles. The highest BCUT2D eigenvalue weighted by atomic mass is 16.3. The Labute approximate surface area is 175 Å². The SMILES string of the molecule is C/C=C/C1CCCC(=O)C1(C)C(C)=O.CC(=O)C(C)C(=O)CCC/C=C/C(C)O. The van der Waals surface area contributed by atoms with E-state index in [1.165, 1.54) is 13.8 Å². The molecule has 4 unspecified atom stereocenters. The van der Waals surface area contributed by atoms with Crippen LogP contribution < -0.4 is 0 Å². The van der Waals surface area contributed by atoms with Crippen LogP contribution in [0.4, 0.5) is 0 Å². The molecule has 0 amide bonds. The van der Waals surface area contributed by atoms with Crippen molar-refractivity contribution < 1.29 is 24.3 Å². The van der Waals surface area contributed by atoms with Crippen LogP contribution in [0.2, 0.25) is 0 Å². The lowest BCUT2D eigenvalue weighted by atomic mass is 9.64. The van der Waals surface area contributed by atoms with Crippen molar-refractivity contribution in [3.05, 3.63) is 24.3 Å². The molecule has 0 aromatic carbocycles. The quantitative estimate of drug-likeness (QED) is 0.348. The van der Waals surface area contributed by atoms with Crippen LogP contribution in [0.3, 0.4) is 0 Å². The van der Waals surface area contributed by atoms with E-state index in [1.54, 1.807) is 26.8 Å². The highest BCUT2D eigenvalue weighted by Gasteiger charge is 2.45. The third-order valence-electron chi connectivity index (χ3n) is 5.70. The minimum atomic E-state index is -0.759. The number of Topliss-reactive ketones (excluding diaryl/α,β-unsaturated/α-hetero) is 4. The van der Waals surface area contributed by atoms with Crippen LogP contribution in [-0.4, -0.2) is 34.3 Å². The maximum absolute atomic E-state index is 11.8. The molecule has 5 nitrogen and oxygen atoms in total. The second-order valence-corrected chi connectivity index (χ2v) is 8.07. The fourth-order valence-corrected chi connectivity index (χ4v) is 3.35. The summed E-state index contributed by atoms with van der Waals surface area (Å²) >= 11 is 0. The number of ketones is 4. The molecule has 1 saturated carbocycles. The number of hydrogen-bond donors (Lipinski definition) is 1. The molecule has 1 N–H and O–H groups in total. The van der Waals surface area contributed by atoms with E-state index in [0.29, 0.717) is 12.8 Å². The van der Waals surface area contributed by atoms with Gasteiger partial charge in [0.1, 0.15) is 23.1 Å². The maximum atomic E-state index is 11.8. The van der Waals surface area contributed by atoms with Gasteiger partial charge in [0.05, 0.1) is 17.4 Å². The van der Waals surface area contributed by atoms with Crippen molar-refractivity contribution >= 4 is 23.1 Å². The molecule has 29 heavy (non-hydrogen) atoms. The first-order valence-corrected chi connectivity index (χ1v) is 10.5. The normalized spacial score (nSPS) is 24.1. The zero-order valence-electron chi connectivity index (χ0n) is 18.9. The largest absolute Gasteiger partial charge is 0.389 e. The van der Waals surface area contributed by atoms with E-state index >= 15 is 0 Å². The zero-order valence-corrected chi connectivity index (χ0v) is 18.9. The van der Waals surface area contributed by atoms with Crippen molar-refractivity contribution in [2.75, 3.05) is 0 Å². The predicted molar refractivity (Wildman–Crippen MR) is 115 cm³/mol. The van der Waals surface area contributed by atoms with Gasteiger partial charge in [-0.1, -0.05) is 24.3 Å². The van der Waals surface area contributed by atoms with Gasteiger partial charge in [-0.25, -0.2) is 0 Å². The summed E-state index contributed by atoms with van der Waals surface area (Å²) in [4.78, 5) is 45.6. The molecule has 164 valence electrons. The second-order valence-electron chi connectivity index (χ2n) is 8.07. The molecule has 0 radical (unpaired) electrons. The van der Waals surface area contributed by atoms with Gasteiger partial charge in [-0.2, -0.15) is 0 Å². The first-order valence-electron chi connectivity index (χ1n) is 10.5. The van der Waals surface area contributed by atoms with E-state index in [1.807, 2.05) is 25.2 Å². The van der Waals surface area contributed by atoms with E-state index < -0.39 is 17.4 Å². The van der Waals surface area contributed by atoms with Gasteiger partial charge in [0.15, 0.2) is 0 Å². The number of aliphatic hydroxyl groups is 1. The number of unbranched alkanes of at least 4 members (excludes halogenated alkanes) is 1. The topological polar surface area (TPSA) is 88.5 Å². The first-order chi connectivity index (χ1) is 13.5. The van der Waals surface area contributed by atoms with Crippen molar-refractivity contribution in [2.24, 2.45) is 17.3 Å². The Bertz CT molecular complexity index is 629. The third-order valence-corrected chi connectivity index (χ3v) is 5.70. The molecule has 1 rings (SSSR count). The molecule has 0 aliphatic heterocycles. The fourth-order valence-electron chi connectivity index (χ4n) is 3.35. The molecule has 0 heterocycles. The number of allylic oxidation sites excluding steroid dienone is 3. The van der Waals surface area contributed by atoms with E-state index in [0.717, 1.165) is 25.7 Å². The molecule has 5 heteroatoms. The summed E-state index contributed by atoms with van der Waals surface area (Å²) in [6, 6.07) is 0. The molecule has 0 bridgehead atoms. The lowest BCUT2D eigenvalue weighted by Gasteiger charge is -2.36. The lowest BCUT2D eigenvalue weighted by molar-refractivity contribution is -0.143. The van der Waals surface area contributed by atoms with Crippen LogP contribution in [0.1, 0.15) is 80.1 Å². The van der Waals surface area contributed by atoms with E-state index in [9.17, 15) is 19.2 Å². The standard InChI is InChI=1S/C12H20O3.C12H18O2/c1-9(13)7-5-4-6-8-12(15)10(2)11(3)14;1-4-6-10-7-5-8-11(14)12(10,3)9(2)13/h5,7,9-10,13H,4,6,8H2,1-3H3;4,6,10H,5,7-8H2,1-3H3/b7-5+;6-4+. The average Bonchev–Trinajstić information content (AvgIpc) is 2.64. The minimum absolute atomic E-state index is 0.00491. The summed E-state index contributed by atoms with van der Waals surface area (Å²) in [5.74, 6) is -0.311. The predicted octanol–water partition coefficient (Wildman–Crippen LogP) is 4.41. The van der Waals surface area contributed by atoms with Crippen LogP contribution in [0.5, 0.6) is 0 Å². The van der Waals surface area contributed by atoms with Gasteiger partial charge < -0.3 is 5.11 Å². The van der Waals surface area contributed by atoms with Crippen LogP contribution in [0, 0.1) is 17.3 Å². The summed E-state index contributed by atoms with van der Waals surface area (Å²) in [5, 5.41) is 8.92. The molecule has 0 spiro atoms. The van der Waals surface area contributed by atoms with Gasteiger partial charge >= 0.3 is 0 Å². The van der Waals surface area contributed by atoms with Crippen LogP contribution in [-0.2, 0) is 19.2 Å². The van der Waals surface area contributed by atoms with Crippen molar-refractivity contribution in [2.45, 2.75) is 86.2 Å². The van der Waals surface area contributed by atoms with Crippen LogP contribution >= 0.6 is 0 Å². The molecule has 1 aliphatic rings. The highest BCUT2D eigenvalue weighted by Crippen LogP contribution is 2.39. The highest BCUT2D eigenvalue weighted by molar-refractivity contribution is 6.06. The number of carbonyl (C=O) groups excluding carboxylic acids is 4. The van der Waals surface area contributed by atoms with Gasteiger partial charge in [-0.3, -0.25) is 19.2 Å². The monoisotopic (exact) mass is 406 g/mol. The Morgan fingerprint density at radius 2 is 1.86 bits per heavy atom. The van der Waals surface area contributed by atoms with Crippen molar-refractivity contribution in [1.29, 1.82) is 0 Å². The Morgan fingerprint density at radius 3 is 2.34 bits per heavy atom. The van der Waals surface area contributed by atoms with Gasteiger partial charge in [0.2, 0.25) is 0 Å². The van der Waals surface area contributed by atoms with E-state index in [2.05, 4.69) is 0 Å². The summed E-state index contributed by atoms with van der Waals surface area (Å²) in [5.41, 5.74) is -0.759. The average molecular weight is 407 g/mol. The molecule has 1 aliphatic carbocycles. The van der Waals surface area contributed by atoms with Gasteiger partial charge in [-0.15, -0.1) is 0 Å². The Balaban J connectivity index is 0.000000541. The zero-order chi connectivity index (χ0) is 22.6. The first kappa shape index (κ1) is 27.1. The van der Waals surface area contributed by atoms with Gasteiger partial charge in [0.25, 0.3) is 0 Å². The minimum Gasteiger partial charge on any atom is -0.389 e. The van der Waals surface area contributed by atoms with Gasteiger partial charge in [-0.05, 0) is 73.1 Å². The van der Waals surface area contributed by atoms with Crippen molar-refractivity contribution in [3.63, 3.8) is 0 Å². The molecule has 0 aromatic heterocycles. The molecule has 1 fully saturated rings. The number of carbonyl (C=O) groups is 4. The molecular weight excluding hydrogens is 368 g/mol. The smallest absolute Gasteiger partial charge is 0.146 e.